The molecule has 0 saturated heterocycles. The van der Waals surface area contributed by atoms with E-state index in [2.05, 4.69) is 15.9 Å². The van der Waals surface area contributed by atoms with Crippen molar-refractivity contribution in [2.24, 2.45) is 11.7 Å². The lowest BCUT2D eigenvalue weighted by atomic mass is 9.81. The first-order valence-corrected chi connectivity index (χ1v) is 7.17. The number of halogens is 1. The molecule has 1 saturated carbocycles. The summed E-state index contributed by atoms with van der Waals surface area (Å²) in [5.41, 5.74) is 7.17. The van der Waals surface area contributed by atoms with E-state index in [9.17, 15) is 5.11 Å². The highest BCUT2D eigenvalue weighted by Gasteiger charge is 2.27. The Kier molecular flexibility index (Phi) is 4.60. The van der Waals surface area contributed by atoms with E-state index in [1.807, 2.05) is 24.3 Å². The first-order chi connectivity index (χ1) is 8.18. The Hall–Kier alpha value is -0.380. The summed E-state index contributed by atoms with van der Waals surface area (Å²) in [5.74, 6) is 0.377. The Labute approximate surface area is 111 Å². The summed E-state index contributed by atoms with van der Waals surface area (Å²) in [6, 6.07) is 7.67. The highest BCUT2D eigenvalue weighted by molar-refractivity contribution is 9.10. The zero-order valence-electron chi connectivity index (χ0n) is 9.98. The molecule has 2 atom stereocenters. The predicted octanol–water partition coefficient (Wildman–Crippen LogP) is 3.39. The van der Waals surface area contributed by atoms with Crippen molar-refractivity contribution in [1.82, 2.24) is 0 Å². The summed E-state index contributed by atoms with van der Waals surface area (Å²) in [5, 5.41) is 10.3. The zero-order chi connectivity index (χ0) is 12.3. The maximum Gasteiger partial charge on any atom is 0.0760 e. The molecule has 0 amide bonds. The number of hydrogen-bond acceptors (Lipinski definition) is 2. The lowest BCUT2D eigenvalue weighted by molar-refractivity contribution is 0.0618. The molecule has 0 unspecified atom stereocenters. The van der Waals surface area contributed by atoms with E-state index in [4.69, 9.17) is 5.73 Å². The molecule has 1 aromatic carbocycles. The molecule has 0 aromatic heterocycles. The standard InChI is InChI=1S/C14H20BrNO/c15-12-8-6-10(7-9-12)13(16)14(17)11-4-2-1-3-5-11/h6-9,11,13-14,17H,1-5,16H2/t13-,14+/m0/s1. The van der Waals surface area contributed by atoms with E-state index in [0.29, 0.717) is 5.92 Å². The molecule has 1 aliphatic rings. The van der Waals surface area contributed by atoms with Crippen LogP contribution in [0.3, 0.4) is 0 Å². The molecule has 3 heteroatoms. The quantitative estimate of drug-likeness (QED) is 0.898. The summed E-state index contributed by atoms with van der Waals surface area (Å²) >= 11 is 3.40. The second-order valence-corrected chi connectivity index (χ2v) is 5.88. The average molecular weight is 298 g/mol. The van der Waals surface area contributed by atoms with Gasteiger partial charge in [0.1, 0.15) is 0 Å². The van der Waals surface area contributed by atoms with Gasteiger partial charge in [0.2, 0.25) is 0 Å². The van der Waals surface area contributed by atoms with E-state index in [-0.39, 0.29) is 6.04 Å². The molecule has 0 heterocycles. The summed E-state index contributed by atoms with van der Waals surface area (Å²) in [7, 11) is 0. The van der Waals surface area contributed by atoms with E-state index < -0.39 is 6.10 Å². The van der Waals surface area contributed by atoms with Crippen LogP contribution in [0.2, 0.25) is 0 Å². The van der Waals surface area contributed by atoms with Crippen molar-refractivity contribution in [2.45, 2.75) is 44.2 Å². The van der Waals surface area contributed by atoms with Crippen molar-refractivity contribution < 1.29 is 5.11 Å². The third-order valence-corrected chi connectivity index (χ3v) is 4.28. The van der Waals surface area contributed by atoms with Crippen LogP contribution in [0.4, 0.5) is 0 Å². The van der Waals surface area contributed by atoms with Gasteiger partial charge in [0.15, 0.2) is 0 Å². The number of rotatable bonds is 3. The Bertz CT molecular complexity index is 346. The van der Waals surface area contributed by atoms with Crippen molar-refractivity contribution in [1.29, 1.82) is 0 Å². The summed E-state index contributed by atoms with van der Waals surface area (Å²) in [4.78, 5) is 0. The molecule has 1 aromatic rings. The lowest BCUT2D eigenvalue weighted by Crippen LogP contribution is -2.34. The van der Waals surface area contributed by atoms with Crippen LogP contribution < -0.4 is 5.73 Å². The third-order valence-electron chi connectivity index (χ3n) is 3.76. The molecule has 1 aliphatic carbocycles. The molecular weight excluding hydrogens is 278 g/mol. The fourth-order valence-electron chi connectivity index (χ4n) is 2.65. The number of benzene rings is 1. The molecule has 3 N–H and O–H groups in total. The largest absolute Gasteiger partial charge is 0.391 e. The van der Waals surface area contributed by atoms with E-state index in [0.717, 1.165) is 22.9 Å². The molecule has 0 spiro atoms. The van der Waals surface area contributed by atoms with Gasteiger partial charge in [0.05, 0.1) is 12.1 Å². The van der Waals surface area contributed by atoms with Crippen LogP contribution in [-0.4, -0.2) is 11.2 Å². The maximum atomic E-state index is 10.3. The number of hydrogen-bond donors (Lipinski definition) is 2. The molecule has 94 valence electrons. The minimum atomic E-state index is -0.406. The van der Waals surface area contributed by atoms with Crippen LogP contribution in [0.1, 0.15) is 43.7 Å². The van der Waals surface area contributed by atoms with Gasteiger partial charge in [-0.2, -0.15) is 0 Å². The Morgan fingerprint density at radius 2 is 1.71 bits per heavy atom. The van der Waals surface area contributed by atoms with Crippen LogP contribution in [0.15, 0.2) is 28.7 Å². The normalized spacial score (nSPS) is 21.1. The monoisotopic (exact) mass is 297 g/mol. The topological polar surface area (TPSA) is 46.2 Å². The minimum Gasteiger partial charge on any atom is -0.391 e. The fourth-order valence-corrected chi connectivity index (χ4v) is 2.92. The molecule has 0 bridgehead atoms. The molecule has 2 nitrogen and oxygen atoms in total. The Balaban J connectivity index is 2.02. The SMILES string of the molecule is N[C@@H](c1ccc(Br)cc1)[C@H](O)C1CCCCC1. The lowest BCUT2D eigenvalue weighted by Gasteiger charge is -2.30. The fraction of sp³-hybridized carbons (Fsp3) is 0.571. The van der Waals surface area contributed by atoms with Gasteiger partial charge < -0.3 is 10.8 Å². The van der Waals surface area contributed by atoms with Gasteiger partial charge >= 0.3 is 0 Å². The Morgan fingerprint density at radius 3 is 2.29 bits per heavy atom. The molecule has 1 fully saturated rings. The number of aliphatic hydroxyl groups is 1. The van der Waals surface area contributed by atoms with E-state index in [1.165, 1.54) is 19.3 Å². The second-order valence-electron chi connectivity index (χ2n) is 4.97. The molecular formula is C14H20BrNO. The maximum absolute atomic E-state index is 10.3. The second kappa shape index (κ2) is 5.98. The van der Waals surface area contributed by atoms with E-state index >= 15 is 0 Å². The highest BCUT2D eigenvalue weighted by Crippen LogP contribution is 2.31. The Morgan fingerprint density at radius 1 is 1.12 bits per heavy atom. The van der Waals surface area contributed by atoms with Gasteiger partial charge in [-0.25, -0.2) is 0 Å². The molecule has 2 rings (SSSR count). The van der Waals surface area contributed by atoms with Crippen LogP contribution in [0.25, 0.3) is 0 Å². The van der Waals surface area contributed by atoms with Crippen molar-refractivity contribution >= 4 is 15.9 Å². The van der Waals surface area contributed by atoms with Gasteiger partial charge in [-0.3, -0.25) is 0 Å². The number of aliphatic hydroxyl groups excluding tert-OH is 1. The zero-order valence-corrected chi connectivity index (χ0v) is 11.6. The summed E-state index contributed by atoms with van der Waals surface area (Å²) in [6.07, 6.45) is 5.59. The van der Waals surface area contributed by atoms with Gasteiger partial charge in [-0.1, -0.05) is 47.3 Å². The van der Waals surface area contributed by atoms with Crippen molar-refractivity contribution in [3.05, 3.63) is 34.3 Å². The van der Waals surface area contributed by atoms with Crippen LogP contribution in [0, 0.1) is 5.92 Å². The third kappa shape index (κ3) is 3.30. The van der Waals surface area contributed by atoms with Crippen molar-refractivity contribution in [3.8, 4) is 0 Å². The minimum absolute atomic E-state index is 0.258. The van der Waals surface area contributed by atoms with Crippen LogP contribution in [-0.2, 0) is 0 Å². The smallest absolute Gasteiger partial charge is 0.0760 e. The average Bonchev–Trinajstić information content (AvgIpc) is 2.39. The van der Waals surface area contributed by atoms with E-state index in [1.54, 1.807) is 0 Å². The van der Waals surface area contributed by atoms with Gasteiger partial charge in [0, 0.05) is 4.47 Å². The summed E-state index contributed by atoms with van der Waals surface area (Å²) < 4.78 is 1.04. The van der Waals surface area contributed by atoms with Gasteiger partial charge in [-0.05, 0) is 36.5 Å². The first-order valence-electron chi connectivity index (χ1n) is 6.37. The predicted molar refractivity (Wildman–Crippen MR) is 73.7 cm³/mol. The molecule has 17 heavy (non-hydrogen) atoms. The van der Waals surface area contributed by atoms with Gasteiger partial charge in [-0.15, -0.1) is 0 Å². The van der Waals surface area contributed by atoms with Gasteiger partial charge in [0.25, 0.3) is 0 Å². The molecule has 0 aliphatic heterocycles. The summed E-state index contributed by atoms with van der Waals surface area (Å²) in [6.45, 7) is 0. The highest BCUT2D eigenvalue weighted by atomic mass is 79.9. The number of nitrogens with two attached hydrogens (primary N) is 1. The van der Waals surface area contributed by atoms with Crippen molar-refractivity contribution in [3.63, 3.8) is 0 Å². The van der Waals surface area contributed by atoms with Crippen molar-refractivity contribution in [2.75, 3.05) is 0 Å². The molecule has 0 radical (unpaired) electrons. The first kappa shape index (κ1) is 13.1. The van der Waals surface area contributed by atoms with Crippen LogP contribution >= 0.6 is 15.9 Å². The van der Waals surface area contributed by atoms with Crippen LogP contribution in [0.5, 0.6) is 0 Å².